The first-order chi connectivity index (χ1) is 22.6. The maximum absolute atomic E-state index is 12.9. The van der Waals surface area contributed by atoms with Gasteiger partial charge in [-0.3, -0.25) is 4.79 Å². The third-order valence-electron chi connectivity index (χ3n) is 14.5. The van der Waals surface area contributed by atoms with Gasteiger partial charge in [-0.2, -0.15) is 0 Å². The summed E-state index contributed by atoms with van der Waals surface area (Å²) in [6, 6.07) is 0. The molecular weight excluding hydrogens is 637 g/mol. The first kappa shape index (κ1) is 41.0. The van der Waals surface area contributed by atoms with Crippen LogP contribution in [0, 0.1) is 28.6 Å². The summed E-state index contributed by atoms with van der Waals surface area (Å²) in [5.41, 5.74) is 2.93. The highest BCUT2D eigenvalue weighted by Crippen LogP contribution is 2.60. The highest BCUT2D eigenvalue weighted by molar-refractivity contribution is 6.74. The molecule has 4 rings (SSSR count). The molecule has 49 heavy (non-hydrogen) atoms. The predicted octanol–water partition coefficient (Wildman–Crippen LogP) is 12.1. The minimum atomic E-state index is -1.91. The number of allylic oxidation sites excluding steroid dienone is 4. The van der Waals surface area contributed by atoms with E-state index in [0.29, 0.717) is 24.2 Å². The average Bonchev–Trinajstić information content (AvgIpc) is 3.72. The summed E-state index contributed by atoms with van der Waals surface area (Å²) in [7, 11) is -3.81. The van der Waals surface area contributed by atoms with Gasteiger partial charge < -0.3 is 14.0 Å². The van der Waals surface area contributed by atoms with Gasteiger partial charge in [-0.05, 0) is 130 Å². The van der Waals surface area contributed by atoms with Gasteiger partial charge in [0.15, 0.2) is 16.6 Å². The van der Waals surface area contributed by atoms with Gasteiger partial charge in [-0.25, -0.2) is 0 Å². The molecule has 0 aromatic rings. The molecule has 4 aliphatic carbocycles. The van der Waals surface area contributed by atoms with Gasteiger partial charge in [0.2, 0.25) is 0 Å². The average molecular weight is 713 g/mol. The van der Waals surface area contributed by atoms with E-state index in [4.69, 9.17) is 8.85 Å². The summed E-state index contributed by atoms with van der Waals surface area (Å²) in [4.78, 5) is 12.9. The van der Waals surface area contributed by atoms with Crippen LogP contribution in [-0.2, 0) is 13.6 Å². The number of fused-ring (bicyclic) bond motifs is 1. The maximum atomic E-state index is 12.9. The van der Waals surface area contributed by atoms with Crippen LogP contribution < -0.4 is 0 Å². The number of aliphatic hydroxyl groups is 1. The molecular formula is C43H76O4Si2. The van der Waals surface area contributed by atoms with Crippen LogP contribution in [0.2, 0.25) is 36.3 Å². The van der Waals surface area contributed by atoms with Crippen molar-refractivity contribution in [2.45, 2.75) is 200 Å². The van der Waals surface area contributed by atoms with Crippen molar-refractivity contribution in [3.05, 3.63) is 35.5 Å². The fourth-order valence-corrected chi connectivity index (χ4v) is 11.8. The lowest BCUT2D eigenvalue weighted by atomic mass is 9.61. The van der Waals surface area contributed by atoms with Crippen LogP contribution in [0.15, 0.2) is 35.5 Å². The number of carbonyl (C=O) groups is 1. The fourth-order valence-electron chi connectivity index (χ4n) is 9.06. The standard InChI is InChI=1S/C43H76O4Si2/c1-14-15-18-38(44)43(26-27-43)39(45)24-19-31(2)36-22-23-37-33(17-16-25-42(36,37)9)21-20-32-28-34(46-48(10,11)40(3,4)5)30-35(29-32)47-49(12,13)41(6,7)8/h19-21,24,31,34-37,39,45H,14-18,22-23,25-30H2,1-13H3/t31-,34-,35-,36-,37+,39-,42-/m1/s1. The molecule has 0 saturated heterocycles. The first-order valence-electron chi connectivity index (χ1n) is 20.2. The molecule has 0 spiro atoms. The number of hydrogen-bond donors (Lipinski definition) is 1. The number of Topliss-reactive ketones (excluding diaryl/α,β-unsaturated/α-hetero) is 1. The molecule has 0 aromatic heterocycles. The van der Waals surface area contributed by atoms with Crippen molar-refractivity contribution < 1.29 is 18.8 Å². The van der Waals surface area contributed by atoms with Gasteiger partial charge in [0, 0.05) is 6.42 Å². The molecule has 0 aliphatic heterocycles. The molecule has 4 saturated carbocycles. The number of ketones is 1. The molecule has 4 aliphatic rings. The summed E-state index contributed by atoms with van der Waals surface area (Å²) in [6.45, 7) is 30.7. The zero-order valence-corrected chi connectivity index (χ0v) is 36.1. The van der Waals surface area contributed by atoms with Gasteiger partial charge in [0.1, 0.15) is 5.78 Å². The van der Waals surface area contributed by atoms with Gasteiger partial charge in [0.05, 0.1) is 23.7 Å². The van der Waals surface area contributed by atoms with Crippen LogP contribution in [0.25, 0.3) is 0 Å². The number of aliphatic hydroxyl groups excluding tert-OH is 1. The van der Waals surface area contributed by atoms with Gasteiger partial charge in [-0.1, -0.05) is 104 Å². The summed E-state index contributed by atoms with van der Waals surface area (Å²) in [5, 5.41) is 11.5. The molecule has 1 N–H and O–H groups in total. The van der Waals surface area contributed by atoms with Gasteiger partial charge in [0.25, 0.3) is 0 Å². The molecule has 0 radical (unpaired) electrons. The second-order valence-electron chi connectivity index (χ2n) is 20.2. The summed E-state index contributed by atoms with van der Waals surface area (Å²) in [5.74, 6) is 1.89. The van der Waals surface area contributed by atoms with E-state index in [1.165, 1.54) is 37.7 Å². The Morgan fingerprint density at radius 3 is 2.00 bits per heavy atom. The lowest BCUT2D eigenvalue weighted by Gasteiger charge is -2.45. The van der Waals surface area contributed by atoms with Crippen molar-refractivity contribution >= 4 is 22.4 Å². The highest BCUT2D eigenvalue weighted by atomic mass is 28.4. The Bertz CT molecular complexity index is 1210. The highest BCUT2D eigenvalue weighted by Gasteiger charge is 2.54. The summed E-state index contributed by atoms with van der Waals surface area (Å²) < 4.78 is 14.2. The second kappa shape index (κ2) is 15.3. The van der Waals surface area contributed by atoms with Crippen LogP contribution in [0.3, 0.4) is 0 Å². The molecule has 4 fully saturated rings. The molecule has 6 heteroatoms. The van der Waals surface area contributed by atoms with Crippen LogP contribution in [0.4, 0.5) is 0 Å². The molecule has 0 unspecified atom stereocenters. The van der Waals surface area contributed by atoms with Crippen LogP contribution in [0.5, 0.6) is 0 Å². The van der Waals surface area contributed by atoms with Crippen molar-refractivity contribution in [3.8, 4) is 0 Å². The molecule has 280 valence electrons. The Hall–Kier alpha value is -0.796. The normalized spacial score (nSPS) is 31.6. The first-order valence-corrected chi connectivity index (χ1v) is 26.0. The van der Waals surface area contributed by atoms with Crippen molar-refractivity contribution in [2.75, 3.05) is 0 Å². The molecule has 0 amide bonds. The third-order valence-corrected chi connectivity index (χ3v) is 23.6. The van der Waals surface area contributed by atoms with Crippen molar-refractivity contribution in [3.63, 3.8) is 0 Å². The Balaban J connectivity index is 1.50. The Kier molecular flexibility index (Phi) is 12.8. The lowest BCUT2D eigenvalue weighted by Crippen LogP contribution is -2.48. The smallest absolute Gasteiger partial charge is 0.192 e. The third kappa shape index (κ3) is 9.23. The number of hydrogen-bond acceptors (Lipinski definition) is 4. The van der Waals surface area contributed by atoms with Gasteiger partial charge >= 0.3 is 0 Å². The predicted molar refractivity (Wildman–Crippen MR) is 213 cm³/mol. The van der Waals surface area contributed by atoms with E-state index in [-0.39, 0.29) is 33.5 Å². The SMILES string of the molecule is CCCCC(=O)C1([C@H](O)C=C[C@@H](C)[C@H]2CC[C@H]3C(=CC=C4C[C@@H](O[Si](C)(C)C(C)(C)C)C[C@H](O[Si](C)(C)C(C)(C)C)C4)CCC[C@]23C)CC1. The minimum absolute atomic E-state index is 0.188. The van der Waals surface area contributed by atoms with E-state index < -0.39 is 28.2 Å². The second-order valence-corrected chi connectivity index (χ2v) is 29.7. The van der Waals surface area contributed by atoms with Crippen molar-refractivity contribution in [1.82, 2.24) is 0 Å². The quantitative estimate of drug-likeness (QED) is 0.153. The minimum Gasteiger partial charge on any atom is -0.414 e. The number of carbonyl (C=O) groups excluding carboxylic acids is 1. The van der Waals surface area contributed by atoms with Crippen molar-refractivity contribution in [2.24, 2.45) is 28.6 Å². The van der Waals surface area contributed by atoms with Crippen LogP contribution in [-0.4, -0.2) is 45.8 Å². The Morgan fingerprint density at radius 1 is 0.918 bits per heavy atom. The van der Waals surface area contributed by atoms with Crippen LogP contribution in [0.1, 0.15) is 146 Å². The van der Waals surface area contributed by atoms with Crippen molar-refractivity contribution in [1.29, 1.82) is 0 Å². The molecule has 4 nitrogen and oxygen atoms in total. The molecule has 7 atom stereocenters. The maximum Gasteiger partial charge on any atom is 0.192 e. The fraction of sp³-hybridized carbons (Fsp3) is 0.837. The van der Waals surface area contributed by atoms with E-state index in [1.807, 2.05) is 6.08 Å². The zero-order chi connectivity index (χ0) is 36.6. The Morgan fingerprint density at radius 2 is 1.49 bits per heavy atom. The van der Waals surface area contributed by atoms with E-state index in [0.717, 1.165) is 44.9 Å². The topological polar surface area (TPSA) is 55.8 Å². The lowest BCUT2D eigenvalue weighted by molar-refractivity contribution is -0.127. The Labute approximate surface area is 304 Å². The van der Waals surface area contributed by atoms with E-state index in [1.54, 1.807) is 5.57 Å². The zero-order valence-electron chi connectivity index (χ0n) is 34.1. The molecule has 0 aromatic carbocycles. The van der Waals surface area contributed by atoms with E-state index >= 15 is 0 Å². The number of unbranched alkanes of at least 4 members (excludes halogenated alkanes) is 1. The van der Waals surface area contributed by atoms with E-state index in [9.17, 15) is 9.90 Å². The largest absolute Gasteiger partial charge is 0.414 e. The summed E-state index contributed by atoms with van der Waals surface area (Å²) >= 11 is 0. The molecule has 0 heterocycles. The van der Waals surface area contributed by atoms with Gasteiger partial charge in [-0.15, -0.1) is 0 Å². The molecule has 0 bridgehead atoms. The van der Waals surface area contributed by atoms with E-state index in [2.05, 4.69) is 107 Å². The summed E-state index contributed by atoms with van der Waals surface area (Å²) in [6.07, 6.45) is 22.6. The van der Waals surface area contributed by atoms with Crippen LogP contribution >= 0.6 is 0 Å². The monoisotopic (exact) mass is 713 g/mol. The number of rotatable bonds is 13.